The number of anilines is 2. The number of carbonyl (C=O) groups excluding carboxylic acids is 2. The summed E-state index contributed by atoms with van der Waals surface area (Å²) in [5, 5.41) is 6.07. The minimum absolute atomic E-state index is 0.123. The molecule has 116 valence electrons. The van der Waals surface area contributed by atoms with Crippen LogP contribution in [0.25, 0.3) is 10.2 Å². The fraction of sp³-hybridized carbons (Fsp3) is 0.118. The second kappa shape index (κ2) is 6.18. The Morgan fingerprint density at radius 1 is 1.04 bits per heavy atom. The van der Waals surface area contributed by atoms with Gasteiger partial charge in [0.15, 0.2) is 5.13 Å². The van der Waals surface area contributed by atoms with Crippen molar-refractivity contribution in [3.05, 3.63) is 53.6 Å². The number of thiazole rings is 1. The second-order valence-electron chi connectivity index (χ2n) is 5.20. The molecule has 3 rings (SSSR count). The van der Waals surface area contributed by atoms with Crippen LogP contribution < -0.4 is 10.6 Å². The van der Waals surface area contributed by atoms with E-state index in [4.69, 9.17) is 0 Å². The van der Waals surface area contributed by atoms with E-state index < -0.39 is 0 Å². The molecule has 1 heterocycles. The highest BCUT2D eigenvalue weighted by molar-refractivity contribution is 7.22. The van der Waals surface area contributed by atoms with Gasteiger partial charge < -0.3 is 5.32 Å². The first-order valence-electron chi connectivity index (χ1n) is 7.07. The summed E-state index contributed by atoms with van der Waals surface area (Å²) in [5.74, 6) is -0.312. The number of carbonyl (C=O) groups is 2. The van der Waals surface area contributed by atoms with E-state index in [0.29, 0.717) is 16.4 Å². The standard InChI is InChI=1S/C17H15N3O2S/c1-10-3-5-12(6-4-10)16(22)20-17-19-14-8-7-13(18-11(2)21)9-15(14)23-17/h3-9H,1-2H3,(H,18,21)(H,19,20,22). The topological polar surface area (TPSA) is 71.1 Å². The molecule has 2 aromatic carbocycles. The van der Waals surface area contributed by atoms with Gasteiger partial charge in [-0.3, -0.25) is 14.9 Å². The molecule has 0 unspecified atom stereocenters. The number of aromatic nitrogens is 1. The Bertz CT molecular complexity index is 884. The van der Waals surface area contributed by atoms with Crippen molar-refractivity contribution in [1.82, 2.24) is 4.98 Å². The van der Waals surface area contributed by atoms with Crippen LogP contribution in [0.15, 0.2) is 42.5 Å². The molecule has 3 aromatic rings. The van der Waals surface area contributed by atoms with Crippen molar-refractivity contribution in [1.29, 1.82) is 0 Å². The molecule has 2 N–H and O–H groups in total. The molecule has 0 atom stereocenters. The van der Waals surface area contributed by atoms with Crippen molar-refractivity contribution in [2.24, 2.45) is 0 Å². The maximum Gasteiger partial charge on any atom is 0.257 e. The highest BCUT2D eigenvalue weighted by Crippen LogP contribution is 2.28. The molecule has 0 fully saturated rings. The van der Waals surface area contributed by atoms with Crippen molar-refractivity contribution in [3.8, 4) is 0 Å². The molecular weight excluding hydrogens is 310 g/mol. The minimum atomic E-state index is -0.189. The Morgan fingerprint density at radius 3 is 2.48 bits per heavy atom. The smallest absolute Gasteiger partial charge is 0.257 e. The normalized spacial score (nSPS) is 10.5. The van der Waals surface area contributed by atoms with E-state index >= 15 is 0 Å². The van der Waals surface area contributed by atoms with Crippen LogP contribution in [0.4, 0.5) is 10.8 Å². The third-order valence-corrected chi connectivity index (χ3v) is 4.18. The maximum atomic E-state index is 12.2. The van der Waals surface area contributed by atoms with Crippen molar-refractivity contribution in [2.75, 3.05) is 10.6 Å². The number of amides is 2. The summed E-state index contributed by atoms with van der Waals surface area (Å²) in [5.41, 5.74) is 3.19. The summed E-state index contributed by atoms with van der Waals surface area (Å²) < 4.78 is 0.899. The zero-order chi connectivity index (χ0) is 16.4. The largest absolute Gasteiger partial charge is 0.326 e. The SMILES string of the molecule is CC(=O)Nc1ccc2nc(NC(=O)c3ccc(C)cc3)sc2c1. The Labute approximate surface area is 137 Å². The van der Waals surface area contributed by atoms with Gasteiger partial charge in [0.05, 0.1) is 10.2 Å². The van der Waals surface area contributed by atoms with Gasteiger partial charge in [-0.1, -0.05) is 29.0 Å². The zero-order valence-electron chi connectivity index (χ0n) is 12.7. The van der Waals surface area contributed by atoms with Crippen LogP contribution in [0.2, 0.25) is 0 Å². The molecule has 0 aliphatic heterocycles. The molecule has 2 amide bonds. The lowest BCUT2D eigenvalue weighted by molar-refractivity contribution is -0.114. The molecule has 0 saturated carbocycles. The van der Waals surface area contributed by atoms with Crippen LogP contribution in [-0.2, 0) is 4.79 Å². The van der Waals surface area contributed by atoms with Gasteiger partial charge in [0, 0.05) is 18.2 Å². The predicted octanol–water partition coefficient (Wildman–Crippen LogP) is 3.82. The minimum Gasteiger partial charge on any atom is -0.326 e. The Balaban J connectivity index is 1.81. The number of nitrogens with zero attached hydrogens (tertiary/aromatic N) is 1. The average molecular weight is 325 g/mol. The highest BCUT2D eigenvalue weighted by Gasteiger charge is 2.10. The van der Waals surface area contributed by atoms with Crippen molar-refractivity contribution < 1.29 is 9.59 Å². The fourth-order valence-corrected chi connectivity index (χ4v) is 3.03. The van der Waals surface area contributed by atoms with Crippen LogP contribution in [0.3, 0.4) is 0 Å². The molecule has 5 nitrogen and oxygen atoms in total. The molecule has 1 aromatic heterocycles. The van der Waals surface area contributed by atoms with E-state index in [1.165, 1.54) is 18.3 Å². The summed E-state index contributed by atoms with van der Waals surface area (Å²) in [7, 11) is 0. The quantitative estimate of drug-likeness (QED) is 0.769. The van der Waals surface area contributed by atoms with Crippen molar-refractivity contribution in [2.45, 2.75) is 13.8 Å². The zero-order valence-corrected chi connectivity index (χ0v) is 13.5. The van der Waals surface area contributed by atoms with E-state index in [9.17, 15) is 9.59 Å². The van der Waals surface area contributed by atoms with Gasteiger partial charge in [0.1, 0.15) is 0 Å². The van der Waals surface area contributed by atoms with E-state index in [-0.39, 0.29) is 11.8 Å². The van der Waals surface area contributed by atoms with Crippen LogP contribution in [-0.4, -0.2) is 16.8 Å². The van der Waals surface area contributed by atoms with E-state index in [0.717, 1.165) is 15.8 Å². The lowest BCUT2D eigenvalue weighted by Crippen LogP contribution is -2.11. The summed E-state index contributed by atoms with van der Waals surface area (Å²) in [6.45, 7) is 3.44. The third-order valence-electron chi connectivity index (χ3n) is 3.24. The first-order chi connectivity index (χ1) is 11.0. The van der Waals surface area contributed by atoms with E-state index in [2.05, 4.69) is 15.6 Å². The predicted molar refractivity (Wildman–Crippen MR) is 93.1 cm³/mol. The maximum absolute atomic E-state index is 12.2. The molecule has 23 heavy (non-hydrogen) atoms. The number of fused-ring (bicyclic) bond motifs is 1. The monoisotopic (exact) mass is 325 g/mol. The number of hydrogen-bond acceptors (Lipinski definition) is 4. The van der Waals surface area contributed by atoms with Gasteiger partial charge in [0.2, 0.25) is 5.91 Å². The molecular formula is C17H15N3O2S. The van der Waals surface area contributed by atoms with Gasteiger partial charge in [-0.15, -0.1) is 0 Å². The second-order valence-corrected chi connectivity index (χ2v) is 6.23. The van der Waals surface area contributed by atoms with Gasteiger partial charge in [-0.25, -0.2) is 4.98 Å². The average Bonchev–Trinajstić information content (AvgIpc) is 2.88. The Morgan fingerprint density at radius 2 is 1.78 bits per heavy atom. The summed E-state index contributed by atoms with van der Waals surface area (Å²) >= 11 is 1.37. The number of benzene rings is 2. The first-order valence-corrected chi connectivity index (χ1v) is 7.89. The summed E-state index contributed by atoms with van der Waals surface area (Å²) in [6, 6.07) is 12.8. The van der Waals surface area contributed by atoms with E-state index in [1.54, 1.807) is 18.2 Å². The van der Waals surface area contributed by atoms with Gasteiger partial charge in [0.25, 0.3) is 5.91 Å². The third kappa shape index (κ3) is 3.54. The molecule has 0 saturated heterocycles. The van der Waals surface area contributed by atoms with Gasteiger partial charge in [-0.05, 0) is 37.3 Å². The van der Waals surface area contributed by atoms with Gasteiger partial charge in [-0.2, -0.15) is 0 Å². The number of aryl methyl sites for hydroxylation is 1. The van der Waals surface area contributed by atoms with Crippen LogP contribution in [0.1, 0.15) is 22.8 Å². The lowest BCUT2D eigenvalue weighted by atomic mass is 10.1. The number of hydrogen-bond donors (Lipinski definition) is 2. The summed E-state index contributed by atoms with van der Waals surface area (Å²) in [6.07, 6.45) is 0. The molecule has 0 bridgehead atoms. The number of nitrogens with one attached hydrogen (secondary N) is 2. The first kappa shape index (κ1) is 15.2. The summed E-state index contributed by atoms with van der Waals surface area (Å²) in [4.78, 5) is 27.7. The van der Waals surface area contributed by atoms with Crippen molar-refractivity contribution >= 4 is 44.2 Å². The van der Waals surface area contributed by atoms with Gasteiger partial charge >= 0.3 is 0 Å². The Kier molecular flexibility index (Phi) is 4.08. The van der Waals surface area contributed by atoms with Crippen molar-refractivity contribution in [3.63, 3.8) is 0 Å². The number of rotatable bonds is 3. The van der Waals surface area contributed by atoms with E-state index in [1.807, 2.05) is 31.2 Å². The van der Waals surface area contributed by atoms with Crippen LogP contribution in [0.5, 0.6) is 0 Å². The fourth-order valence-electron chi connectivity index (χ4n) is 2.13. The Hall–Kier alpha value is -2.73. The molecule has 0 spiro atoms. The molecule has 0 aliphatic rings. The lowest BCUT2D eigenvalue weighted by Gasteiger charge is -2.01. The molecule has 6 heteroatoms. The van der Waals surface area contributed by atoms with Crippen LogP contribution >= 0.6 is 11.3 Å². The van der Waals surface area contributed by atoms with Crippen LogP contribution in [0, 0.1) is 6.92 Å². The molecule has 0 radical (unpaired) electrons. The molecule has 0 aliphatic carbocycles. The highest BCUT2D eigenvalue weighted by atomic mass is 32.1.